The van der Waals surface area contributed by atoms with Gasteiger partial charge in [-0.25, -0.2) is 0 Å². The number of aliphatic imine (C=N–C) groups is 1. The zero-order valence-electron chi connectivity index (χ0n) is 9.47. The molecule has 0 aromatic heterocycles. The van der Waals surface area contributed by atoms with E-state index in [9.17, 15) is 4.79 Å². The number of rotatable bonds is 4. The van der Waals surface area contributed by atoms with E-state index < -0.39 is 12.0 Å². The van der Waals surface area contributed by atoms with Crippen molar-refractivity contribution in [3.05, 3.63) is 35.4 Å². The van der Waals surface area contributed by atoms with Crippen LogP contribution in [0.1, 0.15) is 18.1 Å². The van der Waals surface area contributed by atoms with Gasteiger partial charge in [0, 0.05) is 5.71 Å². The Bertz CT molecular complexity index is 396. The Morgan fingerprint density at radius 3 is 2.50 bits per heavy atom. The van der Waals surface area contributed by atoms with Gasteiger partial charge in [0.2, 0.25) is 0 Å². The molecule has 0 fully saturated rings. The molecular formula is C12H16N2O2. The van der Waals surface area contributed by atoms with Gasteiger partial charge in [0.25, 0.3) is 0 Å². The first-order valence-corrected chi connectivity index (χ1v) is 5.05. The first-order valence-electron chi connectivity index (χ1n) is 5.05. The van der Waals surface area contributed by atoms with E-state index in [2.05, 4.69) is 4.99 Å². The van der Waals surface area contributed by atoms with Crippen molar-refractivity contribution in [2.75, 3.05) is 0 Å². The number of carboxylic acid groups (broad SMARTS) is 1. The fourth-order valence-electron chi connectivity index (χ4n) is 1.19. The predicted molar refractivity (Wildman–Crippen MR) is 63.6 cm³/mol. The third kappa shape index (κ3) is 3.47. The Balaban J connectivity index is 2.65. The van der Waals surface area contributed by atoms with Crippen molar-refractivity contribution in [3.8, 4) is 0 Å². The van der Waals surface area contributed by atoms with Crippen LogP contribution in [0.3, 0.4) is 0 Å². The van der Waals surface area contributed by atoms with Gasteiger partial charge in [0.05, 0.1) is 6.54 Å². The van der Waals surface area contributed by atoms with Gasteiger partial charge in [-0.3, -0.25) is 9.79 Å². The summed E-state index contributed by atoms with van der Waals surface area (Å²) < 4.78 is 0. The summed E-state index contributed by atoms with van der Waals surface area (Å²) in [6.45, 7) is 4.11. The molecule has 1 atom stereocenters. The van der Waals surface area contributed by atoms with Crippen LogP contribution in [0, 0.1) is 6.92 Å². The highest BCUT2D eigenvalue weighted by atomic mass is 16.4. The summed E-state index contributed by atoms with van der Waals surface area (Å²) in [5.74, 6) is -1.05. The average Bonchev–Trinajstić information content (AvgIpc) is 2.26. The number of carboxylic acids is 1. The topological polar surface area (TPSA) is 75.7 Å². The van der Waals surface area contributed by atoms with E-state index in [4.69, 9.17) is 10.8 Å². The van der Waals surface area contributed by atoms with Crippen LogP contribution < -0.4 is 5.73 Å². The normalized spacial score (nSPS) is 13.6. The fraction of sp³-hybridized carbons (Fsp3) is 0.333. The molecule has 4 nitrogen and oxygen atoms in total. The maximum atomic E-state index is 10.6. The molecule has 0 aliphatic rings. The molecule has 16 heavy (non-hydrogen) atoms. The zero-order chi connectivity index (χ0) is 12.1. The SMILES string of the molecule is CC(=NCc1ccc(C)cc1)C(N)C(=O)O. The maximum absolute atomic E-state index is 10.6. The van der Waals surface area contributed by atoms with Gasteiger partial charge in [-0.15, -0.1) is 0 Å². The van der Waals surface area contributed by atoms with Crippen LogP contribution in [0.25, 0.3) is 0 Å². The molecule has 3 N–H and O–H groups in total. The molecule has 4 heteroatoms. The molecule has 0 saturated heterocycles. The average molecular weight is 220 g/mol. The monoisotopic (exact) mass is 220 g/mol. The summed E-state index contributed by atoms with van der Waals surface area (Å²) >= 11 is 0. The second-order valence-corrected chi connectivity index (χ2v) is 3.76. The first kappa shape index (κ1) is 12.4. The fourth-order valence-corrected chi connectivity index (χ4v) is 1.19. The Morgan fingerprint density at radius 2 is 2.00 bits per heavy atom. The quantitative estimate of drug-likeness (QED) is 0.752. The Hall–Kier alpha value is -1.68. The van der Waals surface area contributed by atoms with Crippen molar-refractivity contribution in [2.45, 2.75) is 26.4 Å². The van der Waals surface area contributed by atoms with Crippen molar-refractivity contribution >= 4 is 11.7 Å². The van der Waals surface area contributed by atoms with Crippen LogP contribution in [-0.4, -0.2) is 22.8 Å². The lowest BCUT2D eigenvalue weighted by Gasteiger charge is -2.05. The molecule has 0 saturated carbocycles. The van der Waals surface area contributed by atoms with Gasteiger partial charge < -0.3 is 10.8 Å². The van der Waals surface area contributed by atoms with E-state index in [1.54, 1.807) is 6.92 Å². The minimum absolute atomic E-state index is 0.438. The maximum Gasteiger partial charge on any atom is 0.326 e. The summed E-state index contributed by atoms with van der Waals surface area (Å²) in [5.41, 5.74) is 8.09. The van der Waals surface area contributed by atoms with Crippen molar-refractivity contribution in [2.24, 2.45) is 10.7 Å². The Morgan fingerprint density at radius 1 is 1.44 bits per heavy atom. The standard InChI is InChI=1S/C12H16N2O2/c1-8-3-5-10(6-4-8)7-14-9(2)11(13)12(15)16/h3-6,11H,7,13H2,1-2H3,(H,15,16). The molecule has 1 rings (SSSR count). The summed E-state index contributed by atoms with van der Waals surface area (Å²) in [6, 6.07) is 6.93. The highest BCUT2D eigenvalue weighted by Crippen LogP contribution is 2.04. The molecule has 86 valence electrons. The molecule has 0 spiro atoms. The number of hydrogen-bond acceptors (Lipinski definition) is 3. The molecule has 1 aromatic rings. The van der Waals surface area contributed by atoms with Gasteiger partial charge >= 0.3 is 5.97 Å². The molecule has 0 aliphatic carbocycles. The van der Waals surface area contributed by atoms with Crippen LogP contribution in [-0.2, 0) is 11.3 Å². The van der Waals surface area contributed by atoms with E-state index in [0.29, 0.717) is 12.3 Å². The van der Waals surface area contributed by atoms with E-state index in [0.717, 1.165) is 5.56 Å². The van der Waals surface area contributed by atoms with Crippen molar-refractivity contribution in [1.29, 1.82) is 0 Å². The number of hydrogen-bond donors (Lipinski definition) is 2. The molecule has 0 bridgehead atoms. The van der Waals surface area contributed by atoms with Gasteiger partial charge in [0.1, 0.15) is 6.04 Å². The highest BCUT2D eigenvalue weighted by Gasteiger charge is 2.14. The number of carbonyl (C=O) groups is 1. The molecule has 0 aliphatic heterocycles. The van der Waals surface area contributed by atoms with E-state index in [-0.39, 0.29) is 0 Å². The number of aryl methyl sites for hydroxylation is 1. The van der Waals surface area contributed by atoms with Gasteiger partial charge in [-0.05, 0) is 19.4 Å². The third-order valence-corrected chi connectivity index (χ3v) is 2.35. The van der Waals surface area contributed by atoms with Crippen LogP contribution in [0.2, 0.25) is 0 Å². The van der Waals surface area contributed by atoms with E-state index in [1.165, 1.54) is 5.56 Å². The van der Waals surface area contributed by atoms with Crippen LogP contribution in [0.4, 0.5) is 0 Å². The molecule has 0 amide bonds. The first-order chi connectivity index (χ1) is 7.50. The van der Waals surface area contributed by atoms with Gasteiger partial charge in [-0.1, -0.05) is 29.8 Å². The minimum atomic E-state index is -1.05. The van der Waals surface area contributed by atoms with Crippen molar-refractivity contribution < 1.29 is 9.90 Å². The van der Waals surface area contributed by atoms with E-state index >= 15 is 0 Å². The lowest BCUT2D eigenvalue weighted by molar-refractivity contribution is -0.136. The van der Waals surface area contributed by atoms with Crippen molar-refractivity contribution in [3.63, 3.8) is 0 Å². The second kappa shape index (κ2) is 5.42. The van der Waals surface area contributed by atoms with Crippen LogP contribution in [0.5, 0.6) is 0 Å². The number of nitrogens with zero attached hydrogens (tertiary/aromatic N) is 1. The summed E-state index contributed by atoms with van der Waals surface area (Å²) in [7, 11) is 0. The summed E-state index contributed by atoms with van der Waals surface area (Å²) in [5, 5.41) is 8.68. The molecule has 0 heterocycles. The van der Waals surface area contributed by atoms with Gasteiger partial charge in [-0.2, -0.15) is 0 Å². The molecule has 1 unspecified atom stereocenters. The summed E-state index contributed by atoms with van der Waals surface area (Å²) in [6.07, 6.45) is 0. The van der Waals surface area contributed by atoms with E-state index in [1.807, 2.05) is 31.2 Å². The lowest BCUT2D eigenvalue weighted by atomic mass is 10.1. The Kier molecular flexibility index (Phi) is 4.19. The van der Waals surface area contributed by atoms with Gasteiger partial charge in [0.15, 0.2) is 0 Å². The third-order valence-electron chi connectivity index (χ3n) is 2.35. The highest BCUT2D eigenvalue weighted by molar-refractivity contribution is 6.03. The van der Waals surface area contributed by atoms with Crippen LogP contribution in [0.15, 0.2) is 29.3 Å². The number of benzene rings is 1. The molecule has 0 radical (unpaired) electrons. The summed E-state index contributed by atoms with van der Waals surface area (Å²) in [4.78, 5) is 14.7. The molecular weight excluding hydrogens is 204 g/mol. The smallest absolute Gasteiger partial charge is 0.326 e. The largest absolute Gasteiger partial charge is 0.480 e. The lowest BCUT2D eigenvalue weighted by Crippen LogP contribution is -2.37. The predicted octanol–water partition coefficient (Wildman–Crippen LogP) is 1.37. The van der Waals surface area contributed by atoms with Crippen LogP contribution >= 0.6 is 0 Å². The number of aliphatic carboxylic acids is 1. The second-order valence-electron chi connectivity index (χ2n) is 3.76. The minimum Gasteiger partial charge on any atom is -0.480 e. The van der Waals surface area contributed by atoms with Crippen molar-refractivity contribution in [1.82, 2.24) is 0 Å². The zero-order valence-corrected chi connectivity index (χ0v) is 9.47. The number of nitrogens with two attached hydrogens (primary N) is 1. The Labute approximate surface area is 94.8 Å². The molecule has 1 aromatic carbocycles.